The van der Waals surface area contributed by atoms with Crippen LogP contribution in [0.4, 0.5) is 0 Å². The van der Waals surface area contributed by atoms with Crippen LogP contribution in [0.1, 0.15) is 104 Å². The number of carbonyl (C=O) groups is 1. The van der Waals surface area contributed by atoms with Gasteiger partial charge in [-0.25, -0.2) is 0 Å². The number of unbranched alkanes of at least 4 members (excludes halogenated alkanes) is 1. The van der Waals surface area contributed by atoms with Gasteiger partial charge in [0.25, 0.3) is 11.5 Å². The van der Waals surface area contributed by atoms with Gasteiger partial charge >= 0.3 is 0 Å². The zero-order chi connectivity index (χ0) is 27.3. The highest BCUT2D eigenvalue weighted by Crippen LogP contribution is 2.31. The molecule has 5 nitrogen and oxygen atoms in total. The smallest absolute Gasteiger partial charge is 0.253 e. The van der Waals surface area contributed by atoms with Crippen LogP contribution in [0, 0.1) is 26.7 Å². The Morgan fingerprint density at radius 3 is 2.42 bits per heavy atom. The third kappa shape index (κ3) is 10.4. The van der Waals surface area contributed by atoms with Crippen molar-refractivity contribution in [3.63, 3.8) is 0 Å². The molecule has 0 fully saturated rings. The van der Waals surface area contributed by atoms with E-state index in [0.29, 0.717) is 11.1 Å². The molecule has 0 saturated heterocycles. The van der Waals surface area contributed by atoms with Crippen LogP contribution in [-0.2, 0) is 6.54 Å². The minimum atomic E-state index is -0.138. The van der Waals surface area contributed by atoms with Gasteiger partial charge in [-0.05, 0) is 102 Å². The van der Waals surface area contributed by atoms with Gasteiger partial charge in [0.15, 0.2) is 0 Å². The second-order valence-corrected chi connectivity index (χ2v) is 11.0. The van der Waals surface area contributed by atoms with Crippen LogP contribution in [0.2, 0.25) is 0 Å². The molecule has 0 aliphatic rings. The van der Waals surface area contributed by atoms with E-state index in [9.17, 15) is 9.59 Å². The van der Waals surface area contributed by atoms with E-state index in [-0.39, 0.29) is 18.0 Å². The third-order valence-corrected chi connectivity index (χ3v) is 7.49. The van der Waals surface area contributed by atoms with Gasteiger partial charge in [0, 0.05) is 28.1 Å². The van der Waals surface area contributed by atoms with Crippen LogP contribution in [0.25, 0.3) is 5.57 Å². The molecule has 2 aromatic heterocycles. The highest BCUT2D eigenvalue weighted by atomic mass is 32.1. The van der Waals surface area contributed by atoms with E-state index in [1.54, 1.807) is 11.3 Å². The van der Waals surface area contributed by atoms with Gasteiger partial charge in [0.1, 0.15) is 0 Å². The number of aryl methyl sites for hydroxylation is 2. The lowest BCUT2D eigenvalue weighted by Gasteiger charge is -2.16. The SMILES string of the molecule is C/C=C(/CCCC)c1scc(C(=O)NCc2c(C)cc(C)[nH]c2=O)c1C.CCCN(C)CCC(C)C. The number of pyridine rings is 1. The second-order valence-electron chi connectivity index (χ2n) is 10.1. The first-order valence-corrected chi connectivity index (χ1v) is 14.3. The van der Waals surface area contributed by atoms with Crippen LogP contribution >= 0.6 is 11.3 Å². The molecule has 0 unspecified atom stereocenters. The molecule has 0 aliphatic heterocycles. The fourth-order valence-corrected chi connectivity index (χ4v) is 5.23. The van der Waals surface area contributed by atoms with Crippen LogP contribution in [0.5, 0.6) is 0 Å². The highest BCUT2D eigenvalue weighted by molar-refractivity contribution is 7.11. The molecule has 0 saturated carbocycles. The second kappa shape index (κ2) is 16.5. The highest BCUT2D eigenvalue weighted by Gasteiger charge is 2.17. The molecule has 6 heteroatoms. The number of hydrogen-bond donors (Lipinski definition) is 2. The number of carbonyl (C=O) groups excluding carboxylic acids is 1. The monoisotopic (exact) mass is 515 g/mol. The molecular weight excluding hydrogens is 466 g/mol. The Bertz CT molecular complexity index is 1030. The molecule has 0 aromatic carbocycles. The lowest BCUT2D eigenvalue weighted by atomic mass is 10.0. The molecule has 0 aliphatic carbocycles. The number of nitrogens with zero attached hydrogens (tertiary/aromatic N) is 1. The number of allylic oxidation sites excluding steroid dienone is 2. The molecule has 1 amide bonds. The van der Waals surface area contributed by atoms with E-state index in [0.717, 1.165) is 42.0 Å². The van der Waals surface area contributed by atoms with E-state index in [1.165, 1.54) is 36.4 Å². The topological polar surface area (TPSA) is 65.2 Å². The van der Waals surface area contributed by atoms with Gasteiger partial charge in [-0.3, -0.25) is 9.59 Å². The van der Waals surface area contributed by atoms with Crippen molar-refractivity contribution in [1.29, 1.82) is 0 Å². The van der Waals surface area contributed by atoms with Gasteiger partial charge in [0.2, 0.25) is 0 Å². The number of nitrogens with one attached hydrogen (secondary N) is 2. The zero-order valence-electron chi connectivity index (χ0n) is 24.1. The number of hydrogen-bond acceptors (Lipinski definition) is 4. The van der Waals surface area contributed by atoms with Crippen molar-refractivity contribution >= 4 is 22.8 Å². The minimum Gasteiger partial charge on any atom is -0.348 e. The van der Waals surface area contributed by atoms with E-state index < -0.39 is 0 Å². The molecule has 0 spiro atoms. The minimum absolute atomic E-state index is 0.129. The maximum Gasteiger partial charge on any atom is 0.253 e. The summed E-state index contributed by atoms with van der Waals surface area (Å²) in [5, 5.41) is 4.82. The van der Waals surface area contributed by atoms with E-state index in [2.05, 4.69) is 62.9 Å². The first-order chi connectivity index (χ1) is 17.0. The maximum atomic E-state index is 12.6. The molecule has 0 radical (unpaired) electrons. The number of thiophene rings is 1. The summed E-state index contributed by atoms with van der Waals surface area (Å²) >= 11 is 1.62. The van der Waals surface area contributed by atoms with Gasteiger partial charge in [-0.1, -0.05) is 40.2 Å². The quantitative estimate of drug-likeness (QED) is 0.313. The van der Waals surface area contributed by atoms with Crippen LogP contribution in [0.15, 0.2) is 22.3 Å². The molecule has 2 heterocycles. The molecular formula is C30H49N3O2S. The average molecular weight is 516 g/mol. The summed E-state index contributed by atoms with van der Waals surface area (Å²) in [5.41, 5.74) is 5.21. The van der Waals surface area contributed by atoms with Crippen molar-refractivity contribution in [2.24, 2.45) is 5.92 Å². The Balaban J connectivity index is 0.000000548. The average Bonchev–Trinajstić information content (AvgIpc) is 3.19. The molecule has 2 rings (SSSR count). The van der Waals surface area contributed by atoms with Gasteiger partial charge < -0.3 is 15.2 Å². The van der Waals surface area contributed by atoms with Crippen molar-refractivity contribution < 1.29 is 4.79 Å². The van der Waals surface area contributed by atoms with Crippen LogP contribution in [0.3, 0.4) is 0 Å². The van der Waals surface area contributed by atoms with Crippen LogP contribution < -0.4 is 10.9 Å². The summed E-state index contributed by atoms with van der Waals surface area (Å²) in [6.07, 6.45) is 8.08. The Hall–Kier alpha value is -2.18. The first kappa shape index (κ1) is 31.8. The summed E-state index contributed by atoms with van der Waals surface area (Å²) < 4.78 is 0. The fourth-order valence-electron chi connectivity index (χ4n) is 4.05. The summed E-state index contributed by atoms with van der Waals surface area (Å²) in [7, 11) is 2.20. The number of H-pyrrole nitrogens is 1. The van der Waals surface area contributed by atoms with Crippen molar-refractivity contribution in [2.75, 3.05) is 20.1 Å². The van der Waals surface area contributed by atoms with Crippen LogP contribution in [-0.4, -0.2) is 35.9 Å². The maximum absolute atomic E-state index is 12.6. The predicted molar refractivity (Wildman–Crippen MR) is 157 cm³/mol. The molecule has 2 N–H and O–H groups in total. The normalized spacial score (nSPS) is 11.6. The Morgan fingerprint density at radius 2 is 1.86 bits per heavy atom. The van der Waals surface area contributed by atoms with E-state index in [4.69, 9.17) is 0 Å². The standard InChI is InChI=1S/C21H28N2O2S.C9H21N/c1-6-8-9-16(7-2)19-15(5)18(12-26-19)20(24)22-11-17-13(3)10-14(4)23-21(17)25;1-5-7-10(4)8-6-9(2)3/h7,10,12H,6,8-9,11H2,1-5H3,(H,22,24)(H,23,25);9H,5-8H2,1-4H3/b16-7-;. The lowest BCUT2D eigenvalue weighted by molar-refractivity contribution is 0.0950. The fraction of sp³-hybridized carbons (Fsp3) is 0.600. The third-order valence-electron chi connectivity index (χ3n) is 6.34. The Morgan fingerprint density at radius 1 is 1.17 bits per heavy atom. The van der Waals surface area contributed by atoms with Gasteiger partial charge in [-0.15, -0.1) is 11.3 Å². The number of aromatic amines is 1. The summed E-state index contributed by atoms with van der Waals surface area (Å²) in [6.45, 7) is 19.5. The van der Waals surface area contributed by atoms with Gasteiger partial charge in [-0.2, -0.15) is 0 Å². The van der Waals surface area contributed by atoms with E-state index >= 15 is 0 Å². The van der Waals surface area contributed by atoms with Crippen molar-refractivity contribution in [3.8, 4) is 0 Å². The molecule has 2 aromatic rings. The molecule has 0 atom stereocenters. The number of aromatic nitrogens is 1. The first-order valence-electron chi connectivity index (χ1n) is 13.4. The molecule has 202 valence electrons. The Labute approximate surface area is 223 Å². The predicted octanol–water partition coefficient (Wildman–Crippen LogP) is 7.26. The number of rotatable bonds is 12. The van der Waals surface area contributed by atoms with Crippen molar-refractivity contribution in [3.05, 3.63) is 60.7 Å². The zero-order valence-corrected chi connectivity index (χ0v) is 25.0. The molecule has 0 bridgehead atoms. The molecule has 36 heavy (non-hydrogen) atoms. The van der Waals surface area contributed by atoms with E-state index in [1.807, 2.05) is 32.2 Å². The lowest BCUT2D eigenvalue weighted by Crippen LogP contribution is -2.28. The van der Waals surface area contributed by atoms with Crippen molar-refractivity contribution in [2.45, 2.75) is 94.0 Å². The summed E-state index contributed by atoms with van der Waals surface area (Å²) in [5.74, 6) is 0.717. The Kier molecular flexibility index (Phi) is 14.6. The summed E-state index contributed by atoms with van der Waals surface area (Å²) in [4.78, 5) is 31.1. The number of amides is 1. The van der Waals surface area contributed by atoms with Gasteiger partial charge in [0.05, 0.1) is 5.56 Å². The largest absolute Gasteiger partial charge is 0.348 e. The summed E-state index contributed by atoms with van der Waals surface area (Å²) in [6, 6.07) is 1.92. The van der Waals surface area contributed by atoms with Crippen molar-refractivity contribution in [1.82, 2.24) is 15.2 Å².